The molecule has 3 rings (SSSR count). The molecular formula is C21H28N4O3. The van der Waals surface area contributed by atoms with Crippen molar-refractivity contribution in [1.29, 1.82) is 0 Å². The number of carbonyl (C=O) groups excluding carboxylic acids is 2. The molecule has 2 amide bonds. The lowest BCUT2D eigenvalue weighted by Crippen LogP contribution is -2.51. The highest BCUT2D eigenvalue weighted by Crippen LogP contribution is 2.32. The van der Waals surface area contributed by atoms with Crippen molar-refractivity contribution in [3.63, 3.8) is 0 Å². The number of ether oxygens (including phenoxy) is 1. The van der Waals surface area contributed by atoms with Crippen molar-refractivity contribution in [1.82, 2.24) is 20.2 Å². The number of rotatable bonds is 5. The molecule has 1 aromatic carbocycles. The number of amides is 2. The average molecular weight is 384 g/mol. The van der Waals surface area contributed by atoms with Crippen LogP contribution in [0.1, 0.15) is 44.1 Å². The van der Waals surface area contributed by atoms with Crippen molar-refractivity contribution in [2.45, 2.75) is 45.7 Å². The highest BCUT2D eigenvalue weighted by atomic mass is 16.5. The maximum atomic E-state index is 13.2. The SMILES string of the molecule is COC(=O)NC(C(=O)N1CCCC1c1ncc(-c2ccc(C)cc2)[nH]1)C(C)C. The average Bonchev–Trinajstić information content (AvgIpc) is 3.34. The van der Waals surface area contributed by atoms with Crippen molar-refractivity contribution in [2.24, 2.45) is 5.92 Å². The molecule has 1 fully saturated rings. The number of nitrogens with one attached hydrogen (secondary N) is 2. The number of hydrogen-bond acceptors (Lipinski definition) is 4. The number of imidazole rings is 1. The van der Waals surface area contributed by atoms with Gasteiger partial charge >= 0.3 is 6.09 Å². The van der Waals surface area contributed by atoms with E-state index >= 15 is 0 Å². The predicted octanol–water partition coefficient (Wildman–Crippen LogP) is 3.43. The van der Waals surface area contributed by atoms with E-state index in [9.17, 15) is 9.59 Å². The number of aryl methyl sites for hydroxylation is 1. The second-order valence-corrected chi connectivity index (χ2v) is 7.60. The summed E-state index contributed by atoms with van der Waals surface area (Å²) in [6.07, 6.45) is 2.96. The van der Waals surface area contributed by atoms with E-state index in [1.54, 1.807) is 0 Å². The topological polar surface area (TPSA) is 87.3 Å². The second-order valence-electron chi connectivity index (χ2n) is 7.60. The number of methoxy groups -OCH3 is 1. The van der Waals surface area contributed by atoms with E-state index in [1.165, 1.54) is 12.7 Å². The fourth-order valence-corrected chi connectivity index (χ4v) is 3.58. The molecule has 1 aliphatic rings. The van der Waals surface area contributed by atoms with Crippen LogP contribution in [0.2, 0.25) is 0 Å². The highest BCUT2D eigenvalue weighted by Gasteiger charge is 2.37. The second kappa shape index (κ2) is 8.46. The van der Waals surface area contributed by atoms with E-state index in [2.05, 4.69) is 51.2 Å². The molecule has 0 saturated carbocycles. The molecule has 0 spiro atoms. The van der Waals surface area contributed by atoms with Gasteiger partial charge in [0.15, 0.2) is 0 Å². The first-order chi connectivity index (χ1) is 13.4. The van der Waals surface area contributed by atoms with Gasteiger partial charge in [0.1, 0.15) is 11.9 Å². The van der Waals surface area contributed by atoms with Crippen LogP contribution in [0.3, 0.4) is 0 Å². The van der Waals surface area contributed by atoms with Gasteiger partial charge in [-0.25, -0.2) is 9.78 Å². The monoisotopic (exact) mass is 384 g/mol. The molecule has 0 radical (unpaired) electrons. The third kappa shape index (κ3) is 4.18. The fraction of sp³-hybridized carbons (Fsp3) is 0.476. The third-order valence-electron chi connectivity index (χ3n) is 5.20. The first-order valence-electron chi connectivity index (χ1n) is 9.67. The summed E-state index contributed by atoms with van der Waals surface area (Å²) >= 11 is 0. The van der Waals surface area contributed by atoms with Gasteiger partial charge in [-0.3, -0.25) is 4.79 Å². The van der Waals surface area contributed by atoms with Gasteiger partial charge in [-0.15, -0.1) is 0 Å². The smallest absolute Gasteiger partial charge is 0.407 e. The number of nitrogens with zero attached hydrogens (tertiary/aromatic N) is 2. The molecule has 2 aromatic rings. The lowest BCUT2D eigenvalue weighted by Gasteiger charge is -2.30. The predicted molar refractivity (Wildman–Crippen MR) is 107 cm³/mol. The summed E-state index contributed by atoms with van der Waals surface area (Å²) in [6.45, 7) is 6.52. The van der Waals surface area contributed by atoms with Crippen LogP contribution in [0.4, 0.5) is 4.79 Å². The highest BCUT2D eigenvalue weighted by molar-refractivity contribution is 5.86. The zero-order valence-corrected chi connectivity index (χ0v) is 16.9. The van der Waals surface area contributed by atoms with Crippen LogP contribution in [0.25, 0.3) is 11.3 Å². The molecule has 2 unspecified atom stereocenters. The van der Waals surface area contributed by atoms with Gasteiger partial charge in [-0.05, 0) is 31.2 Å². The van der Waals surface area contributed by atoms with Crippen LogP contribution in [0, 0.1) is 12.8 Å². The Bertz CT molecular complexity index is 828. The Labute approximate surface area is 165 Å². The number of hydrogen-bond donors (Lipinski definition) is 2. The Morgan fingerprint density at radius 1 is 1.29 bits per heavy atom. The molecule has 150 valence electrons. The van der Waals surface area contributed by atoms with Crippen LogP contribution in [0.15, 0.2) is 30.5 Å². The van der Waals surface area contributed by atoms with E-state index in [1.807, 2.05) is 24.9 Å². The number of carbonyl (C=O) groups is 2. The summed E-state index contributed by atoms with van der Waals surface area (Å²) in [4.78, 5) is 34.6. The van der Waals surface area contributed by atoms with Gasteiger partial charge in [-0.2, -0.15) is 0 Å². The van der Waals surface area contributed by atoms with Crippen molar-refractivity contribution in [2.75, 3.05) is 13.7 Å². The molecule has 0 bridgehead atoms. The van der Waals surface area contributed by atoms with Crippen LogP contribution in [-0.2, 0) is 9.53 Å². The standard InChI is InChI=1S/C21H28N4O3/c1-13(2)18(24-21(27)28-4)20(26)25-11-5-6-17(25)19-22-12-16(23-19)15-9-7-14(3)8-10-15/h7-10,12-13,17-18H,5-6,11H2,1-4H3,(H,22,23)(H,24,27). The Kier molecular flexibility index (Phi) is 6.02. The number of likely N-dealkylation sites (tertiary alicyclic amines) is 1. The van der Waals surface area contributed by atoms with Gasteiger partial charge in [0.25, 0.3) is 0 Å². The molecule has 1 aliphatic heterocycles. The normalized spacial score (nSPS) is 17.6. The van der Waals surface area contributed by atoms with Crippen LogP contribution in [0.5, 0.6) is 0 Å². The molecule has 0 aliphatic carbocycles. The zero-order chi connectivity index (χ0) is 20.3. The van der Waals surface area contributed by atoms with Crippen LogP contribution >= 0.6 is 0 Å². The van der Waals surface area contributed by atoms with E-state index in [4.69, 9.17) is 0 Å². The van der Waals surface area contributed by atoms with E-state index in [0.717, 1.165) is 29.9 Å². The molecule has 7 heteroatoms. The van der Waals surface area contributed by atoms with Crippen LogP contribution < -0.4 is 5.32 Å². The van der Waals surface area contributed by atoms with Gasteiger partial charge in [0.05, 0.1) is 25.0 Å². The minimum absolute atomic E-state index is 0.0485. The van der Waals surface area contributed by atoms with E-state index in [-0.39, 0.29) is 17.9 Å². The van der Waals surface area contributed by atoms with Gasteiger partial charge in [0, 0.05) is 6.54 Å². The maximum absolute atomic E-state index is 13.2. The lowest BCUT2D eigenvalue weighted by molar-refractivity contribution is -0.135. The van der Waals surface area contributed by atoms with Crippen LogP contribution in [-0.4, -0.2) is 46.6 Å². The number of H-pyrrole nitrogens is 1. The molecule has 28 heavy (non-hydrogen) atoms. The Morgan fingerprint density at radius 2 is 2.00 bits per heavy atom. The van der Waals surface area contributed by atoms with Crippen molar-refractivity contribution in [3.05, 3.63) is 41.9 Å². The molecular weight excluding hydrogens is 356 g/mol. The minimum atomic E-state index is -0.625. The molecule has 2 atom stereocenters. The van der Waals surface area contributed by atoms with Crippen molar-refractivity contribution in [3.8, 4) is 11.3 Å². The first-order valence-corrected chi connectivity index (χ1v) is 9.67. The molecule has 1 aromatic heterocycles. The summed E-state index contributed by atoms with van der Waals surface area (Å²) in [5, 5.41) is 2.67. The van der Waals surface area contributed by atoms with Crippen molar-refractivity contribution >= 4 is 12.0 Å². The summed E-state index contributed by atoms with van der Waals surface area (Å²) in [5.74, 6) is 0.630. The quantitative estimate of drug-likeness (QED) is 0.827. The number of aromatic nitrogens is 2. The molecule has 1 saturated heterocycles. The minimum Gasteiger partial charge on any atom is -0.453 e. The fourth-order valence-electron chi connectivity index (χ4n) is 3.58. The summed E-state index contributed by atoms with van der Waals surface area (Å²) in [7, 11) is 1.30. The Balaban J connectivity index is 1.79. The van der Waals surface area contributed by atoms with Gasteiger partial charge in [0.2, 0.25) is 5.91 Å². The molecule has 2 N–H and O–H groups in total. The van der Waals surface area contributed by atoms with E-state index in [0.29, 0.717) is 6.54 Å². The van der Waals surface area contributed by atoms with Gasteiger partial charge < -0.3 is 19.9 Å². The van der Waals surface area contributed by atoms with E-state index < -0.39 is 12.1 Å². The zero-order valence-electron chi connectivity index (χ0n) is 16.9. The third-order valence-corrected chi connectivity index (χ3v) is 5.20. The number of alkyl carbamates (subject to hydrolysis) is 1. The molecule has 2 heterocycles. The summed E-state index contributed by atoms with van der Waals surface area (Å²) in [6, 6.07) is 7.49. The first kappa shape index (κ1) is 19.9. The largest absolute Gasteiger partial charge is 0.453 e. The Morgan fingerprint density at radius 3 is 2.64 bits per heavy atom. The lowest BCUT2D eigenvalue weighted by atomic mass is 10.0. The number of benzene rings is 1. The summed E-state index contributed by atoms with van der Waals surface area (Å²) in [5.41, 5.74) is 3.20. The summed E-state index contributed by atoms with van der Waals surface area (Å²) < 4.78 is 4.68. The van der Waals surface area contributed by atoms with Crippen molar-refractivity contribution < 1.29 is 14.3 Å². The van der Waals surface area contributed by atoms with Gasteiger partial charge in [-0.1, -0.05) is 43.7 Å². The maximum Gasteiger partial charge on any atom is 0.407 e. The Hall–Kier alpha value is -2.83. The molecule has 7 nitrogen and oxygen atoms in total. The number of aromatic amines is 1.